The number of hydrogen-bond donors (Lipinski definition) is 0. The van der Waals surface area contributed by atoms with Crippen molar-refractivity contribution in [3.8, 4) is 6.07 Å². The monoisotopic (exact) mass is 277 g/mol. The lowest BCUT2D eigenvalue weighted by atomic mass is 10.0. The van der Waals surface area contributed by atoms with E-state index in [9.17, 15) is 13.7 Å². The molecule has 0 heterocycles. The molecular weight excluding hydrogens is 258 g/mol. The Bertz CT molecular complexity index is 539. The van der Waals surface area contributed by atoms with E-state index in [0.29, 0.717) is 5.92 Å². The fourth-order valence-electron chi connectivity index (χ4n) is 2.75. The Balaban J connectivity index is 2.03. The van der Waals surface area contributed by atoms with Gasteiger partial charge in [-0.1, -0.05) is 43.2 Å². The molecule has 0 aliphatic heterocycles. The molecule has 1 fully saturated rings. The third-order valence-electron chi connectivity index (χ3n) is 3.74. The van der Waals surface area contributed by atoms with Gasteiger partial charge in [-0.05, 0) is 24.3 Å². The third kappa shape index (κ3) is 4.07. The summed E-state index contributed by atoms with van der Waals surface area (Å²) < 4.78 is 24.4. The van der Waals surface area contributed by atoms with Crippen LogP contribution in [0.25, 0.3) is 0 Å². The van der Waals surface area contributed by atoms with Crippen LogP contribution in [0.3, 0.4) is 0 Å². The summed E-state index contributed by atoms with van der Waals surface area (Å²) in [6, 6.07) is 11.3. The van der Waals surface area contributed by atoms with Gasteiger partial charge in [0.05, 0.1) is 23.5 Å². The van der Waals surface area contributed by atoms with E-state index >= 15 is 0 Å². The minimum atomic E-state index is -3.15. The molecule has 0 N–H and O–H groups in total. The maximum atomic E-state index is 12.2. The molecule has 0 amide bonds. The Morgan fingerprint density at radius 3 is 2.42 bits per heavy atom. The van der Waals surface area contributed by atoms with E-state index in [0.717, 1.165) is 31.2 Å². The van der Waals surface area contributed by atoms with E-state index in [1.165, 1.54) is 0 Å². The Hall–Kier alpha value is -1.34. The van der Waals surface area contributed by atoms with Crippen LogP contribution < -0.4 is 0 Å². The van der Waals surface area contributed by atoms with Crippen LogP contribution in [0.15, 0.2) is 30.3 Å². The molecule has 0 radical (unpaired) electrons. The number of nitrogens with zero attached hydrogens (tertiary/aromatic N) is 1. The van der Waals surface area contributed by atoms with Gasteiger partial charge in [-0.3, -0.25) is 0 Å². The van der Waals surface area contributed by atoms with Gasteiger partial charge < -0.3 is 0 Å². The van der Waals surface area contributed by atoms with Gasteiger partial charge in [0.25, 0.3) is 0 Å². The van der Waals surface area contributed by atoms with Crippen LogP contribution in [0.1, 0.15) is 37.2 Å². The summed E-state index contributed by atoms with van der Waals surface area (Å²) in [5.41, 5.74) is 0.792. The van der Waals surface area contributed by atoms with Crippen molar-refractivity contribution in [1.82, 2.24) is 0 Å². The smallest absolute Gasteiger partial charge is 0.152 e. The second kappa shape index (κ2) is 6.21. The van der Waals surface area contributed by atoms with E-state index < -0.39 is 15.8 Å². The molecule has 1 atom stereocenters. The molecule has 1 unspecified atom stereocenters. The van der Waals surface area contributed by atoms with Crippen LogP contribution in [0, 0.1) is 17.2 Å². The van der Waals surface area contributed by atoms with Crippen molar-refractivity contribution < 1.29 is 8.42 Å². The highest BCUT2D eigenvalue weighted by Gasteiger charge is 2.26. The van der Waals surface area contributed by atoms with Gasteiger partial charge in [0, 0.05) is 0 Å². The molecule has 102 valence electrons. The van der Waals surface area contributed by atoms with Gasteiger partial charge in [0.1, 0.15) is 0 Å². The minimum Gasteiger partial charge on any atom is -0.229 e. The van der Waals surface area contributed by atoms with Gasteiger partial charge in [-0.25, -0.2) is 8.42 Å². The molecule has 0 spiro atoms. The molecule has 2 rings (SSSR count). The molecular formula is C15H19NO2S. The normalized spacial score (nSPS) is 18.1. The molecule has 1 aromatic rings. The zero-order chi connectivity index (χ0) is 13.7. The van der Waals surface area contributed by atoms with E-state index in [2.05, 4.69) is 6.07 Å². The van der Waals surface area contributed by atoms with E-state index in [1.807, 2.05) is 30.3 Å². The van der Waals surface area contributed by atoms with Crippen molar-refractivity contribution in [3.63, 3.8) is 0 Å². The first-order valence-electron chi connectivity index (χ1n) is 6.76. The average molecular weight is 277 g/mol. The highest BCUT2D eigenvalue weighted by Crippen LogP contribution is 2.27. The summed E-state index contributed by atoms with van der Waals surface area (Å²) in [4.78, 5) is 0. The predicted octanol–water partition coefficient (Wildman–Crippen LogP) is 2.90. The van der Waals surface area contributed by atoms with Crippen LogP contribution in [0.4, 0.5) is 0 Å². The fourth-order valence-corrected chi connectivity index (χ4v) is 4.71. The molecule has 0 bridgehead atoms. The maximum absolute atomic E-state index is 12.2. The summed E-state index contributed by atoms with van der Waals surface area (Å²) in [5, 5.41) is 9.19. The van der Waals surface area contributed by atoms with Crippen molar-refractivity contribution in [3.05, 3.63) is 35.9 Å². The van der Waals surface area contributed by atoms with Crippen LogP contribution in [-0.4, -0.2) is 19.9 Å². The number of benzene rings is 1. The third-order valence-corrected chi connectivity index (χ3v) is 5.56. The van der Waals surface area contributed by atoms with Crippen molar-refractivity contribution in [2.75, 3.05) is 11.5 Å². The van der Waals surface area contributed by atoms with Crippen LogP contribution >= 0.6 is 0 Å². The average Bonchev–Trinajstić information content (AvgIpc) is 2.89. The molecule has 1 aliphatic carbocycles. The molecule has 19 heavy (non-hydrogen) atoms. The maximum Gasteiger partial charge on any atom is 0.152 e. The highest BCUT2D eigenvalue weighted by atomic mass is 32.2. The van der Waals surface area contributed by atoms with E-state index in [-0.39, 0.29) is 11.5 Å². The summed E-state index contributed by atoms with van der Waals surface area (Å²) in [7, 11) is -3.15. The molecule has 0 saturated heterocycles. The van der Waals surface area contributed by atoms with Crippen molar-refractivity contribution in [2.45, 2.75) is 31.6 Å². The lowest BCUT2D eigenvalue weighted by Crippen LogP contribution is -2.21. The van der Waals surface area contributed by atoms with Crippen molar-refractivity contribution in [1.29, 1.82) is 5.26 Å². The second-order valence-corrected chi connectivity index (χ2v) is 7.47. The Morgan fingerprint density at radius 2 is 1.84 bits per heavy atom. The second-order valence-electron chi connectivity index (χ2n) is 5.32. The first-order valence-corrected chi connectivity index (χ1v) is 8.58. The van der Waals surface area contributed by atoms with Gasteiger partial charge >= 0.3 is 0 Å². The quantitative estimate of drug-likeness (QED) is 0.831. The predicted molar refractivity (Wildman–Crippen MR) is 75.4 cm³/mol. The van der Waals surface area contributed by atoms with Crippen LogP contribution in [0.2, 0.25) is 0 Å². The summed E-state index contributed by atoms with van der Waals surface area (Å²) in [6.07, 6.45) is 4.31. The van der Waals surface area contributed by atoms with Gasteiger partial charge in [0.15, 0.2) is 9.84 Å². The molecule has 1 aromatic carbocycles. The zero-order valence-electron chi connectivity index (χ0n) is 11.0. The number of nitriles is 1. The Morgan fingerprint density at radius 1 is 1.21 bits per heavy atom. The minimum absolute atomic E-state index is 0.0516. The van der Waals surface area contributed by atoms with E-state index in [4.69, 9.17) is 0 Å². The van der Waals surface area contributed by atoms with Crippen molar-refractivity contribution in [2.24, 2.45) is 5.92 Å². The molecule has 3 nitrogen and oxygen atoms in total. The number of sulfone groups is 1. The Labute approximate surface area is 115 Å². The topological polar surface area (TPSA) is 57.9 Å². The SMILES string of the molecule is N#CC(CS(=O)(=O)CC1CCCC1)c1ccccc1. The first kappa shape index (κ1) is 14.1. The fraction of sp³-hybridized carbons (Fsp3) is 0.533. The van der Waals surface area contributed by atoms with E-state index in [1.54, 1.807) is 0 Å². The summed E-state index contributed by atoms with van der Waals surface area (Å²) in [5.74, 6) is -0.0464. The number of rotatable bonds is 5. The molecule has 1 saturated carbocycles. The molecule has 4 heteroatoms. The van der Waals surface area contributed by atoms with Crippen molar-refractivity contribution >= 4 is 9.84 Å². The van der Waals surface area contributed by atoms with Gasteiger partial charge in [0.2, 0.25) is 0 Å². The zero-order valence-corrected chi connectivity index (χ0v) is 11.8. The molecule has 0 aromatic heterocycles. The summed E-state index contributed by atoms with van der Waals surface area (Å²) in [6.45, 7) is 0. The highest BCUT2D eigenvalue weighted by molar-refractivity contribution is 7.91. The van der Waals surface area contributed by atoms with Gasteiger partial charge in [-0.2, -0.15) is 5.26 Å². The standard InChI is InChI=1S/C15H19NO2S/c16-10-15(14-8-2-1-3-9-14)12-19(17,18)11-13-6-4-5-7-13/h1-3,8-9,13,15H,4-7,11-12H2. The van der Waals surface area contributed by atoms with Gasteiger partial charge in [-0.15, -0.1) is 0 Å². The Kier molecular flexibility index (Phi) is 4.60. The van der Waals surface area contributed by atoms with Crippen LogP contribution in [-0.2, 0) is 9.84 Å². The van der Waals surface area contributed by atoms with Crippen LogP contribution in [0.5, 0.6) is 0 Å². The molecule has 1 aliphatic rings. The summed E-state index contributed by atoms with van der Waals surface area (Å²) >= 11 is 0. The first-order chi connectivity index (χ1) is 9.11. The largest absolute Gasteiger partial charge is 0.229 e. The lowest BCUT2D eigenvalue weighted by molar-refractivity contribution is 0.557. The number of hydrogen-bond acceptors (Lipinski definition) is 3. The lowest BCUT2D eigenvalue weighted by Gasteiger charge is -2.13.